The van der Waals surface area contributed by atoms with Crippen LogP contribution in [-0.2, 0) is 22.3 Å². The van der Waals surface area contributed by atoms with E-state index in [2.05, 4.69) is 10.3 Å². The average Bonchev–Trinajstić information content (AvgIpc) is 2.63. The summed E-state index contributed by atoms with van der Waals surface area (Å²) in [6.45, 7) is 1.16. The molecule has 0 saturated carbocycles. The predicted octanol–water partition coefficient (Wildman–Crippen LogP) is 4.35. The first-order chi connectivity index (χ1) is 13.2. The van der Waals surface area contributed by atoms with Crippen LogP contribution >= 0.6 is 11.6 Å². The normalized spacial score (nSPS) is 11.0. The Morgan fingerprint density at radius 2 is 2.00 bits per heavy atom. The summed E-state index contributed by atoms with van der Waals surface area (Å²) < 4.78 is 44.5. The number of nitrogens with zero attached hydrogens (tertiary/aromatic N) is 2. The van der Waals surface area contributed by atoms with Gasteiger partial charge in [0.1, 0.15) is 6.54 Å². The van der Waals surface area contributed by atoms with Crippen molar-refractivity contribution < 1.29 is 27.5 Å². The highest BCUT2D eigenvalue weighted by atomic mass is 35.5. The Kier molecular flexibility index (Phi) is 7.22. The first kappa shape index (κ1) is 21.5. The molecule has 2 aromatic rings. The van der Waals surface area contributed by atoms with Crippen LogP contribution in [0, 0.1) is 0 Å². The summed E-state index contributed by atoms with van der Waals surface area (Å²) in [4.78, 5) is 29.5. The number of ether oxygens (including phenoxy) is 1. The van der Waals surface area contributed by atoms with Crippen molar-refractivity contribution in [3.05, 3.63) is 58.9 Å². The van der Waals surface area contributed by atoms with Crippen LogP contribution in [0.4, 0.5) is 23.7 Å². The van der Waals surface area contributed by atoms with Crippen molar-refractivity contribution in [2.45, 2.75) is 19.6 Å². The van der Waals surface area contributed by atoms with Crippen LogP contribution in [-0.4, -0.2) is 35.0 Å². The number of carbonyl (C=O) groups is 2. The number of urea groups is 1. The SMILES string of the molecule is CCOC(=O)CN(Cc1ccccn1)C(=O)Nc1ccc(Cl)cc1C(F)(F)F. The van der Waals surface area contributed by atoms with Crippen molar-refractivity contribution in [3.8, 4) is 0 Å². The second-order valence-corrected chi connectivity index (χ2v) is 6.04. The van der Waals surface area contributed by atoms with Gasteiger partial charge in [0, 0.05) is 11.2 Å². The molecule has 0 aliphatic heterocycles. The van der Waals surface area contributed by atoms with Crippen LogP contribution in [0.25, 0.3) is 0 Å². The monoisotopic (exact) mass is 415 g/mol. The average molecular weight is 416 g/mol. The number of aromatic nitrogens is 1. The fraction of sp³-hybridized carbons (Fsp3) is 0.278. The summed E-state index contributed by atoms with van der Waals surface area (Å²) in [5.41, 5.74) is -1.12. The minimum atomic E-state index is -4.72. The Morgan fingerprint density at radius 1 is 1.25 bits per heavy atom. The molecule has 2 amide bonds. The largest absolute Gasteiger partial charge is 0.465 e. The van der Waals surface area contributed by atoms with Gasteiger partial charge < -0.3 is 15.0 Å². The summed E-state index contributed by atoms with van der Waals surface area (Å²) in [6.07, 6.45) is -3.22. The fourth-order valence-electron chi connectivity index (χ4n) is 2.30. The Balaban J connectivity index is 2.26. The molecular formula is C18H17ClF3N3O3. The molecule has 0 aliphatic carbocycles. The van der Waals surface area contributed by atoms with Gasteiger partial charge in [0.05, 0.1) is 30.1 Å². The van der Waals surface area contributed by atoms with Crippen molar-refractivity contribution >= 4 is 29.3 Å². The molecule has 0 spiro atoms. The van der Waals surface area contributed by atoms with Crippen molar-refractivity contribution in [3.63, 3.8) is 0 Å². The molecule has 0 aliphatic rings. The molecule has 1 heterocycles. The number of pyridine rings is 1. The summed E-state index contributed by atoms with van der Waals surface area (Å²) in [5.74, 6) is -0.694. The molecule has 1 aromatic carbocycles. The molecule has 10 heteroatoms. The van der Waals surface area contributed by atoms with E-state index < -0.39 is 36.0 Å². The number of anilines is 1. The maximum atomic E-state index is 13.2. The zero-order valence-corrected chi connectivity index (χ0v) is 15.5. The van der Waals surface area contributed by atoms with E-state index in [0.717, 1.165) is 11.0 Å². The molecule has 6 nitrogen and oxygen atoms in total. The molecule has 28 heavy (non-hydrogen) atoms. The lowest BCUT2D eigenvalue weighted by atomic mass is 10.1. The molecule has 1 N–H and O–H groups in total. The molecule has 1 aromatic heterocycles. The molecular weight excluding hydrogens is 399 g/mol. The van der Waals surface area contributed by atoms with Crippen molar-refractivity contribution in [2.24, 2.45) is 0 Å². The first-order valence-corrected chi connectivity index (χ1v) is 8.56. The van der Waals surface area contributed by atoms with Gasteiger partial charge in [0.15, 0.2) is 0 Å². The van der Waals surface area contributed by atoms with E-state index in [1.165, 1.54) is 12.3 Å². The van der Waals surface area contributed by atoms with E-state index in [0.29, 0.717) is 11.8 Å². The molecule has 0 fully saturated rings. The number of benzene rings is 1. The van der Waals surface area contributed by atoms with E-state index in [-0.39, 0.29) is 18.2 Å². The number of hydrogen-bond acceptors (Lipinski definition) is 4. The highest BCUT2D eigenvalue weighted by Gasteiger charge is 2.34. The third kappa shape index (κ3) is 6.12. The minimum Gasteiger partial charge on any atom is -0.465 e. The second-order valence-electron chi connectivity index (χ2n) is 5.60. The molecule has 0 unspecified atom stereocenters. The highest BCUT2D eigenvalue weighted by Crippen LogP contribution is 2.36. The Hall–Kier alpha value is -2.81. The van der Waals surface area contributed by atoms with Gasteiger partial charge >= 0.3 is 18.2 Å². The maximum Gasteiger partial charge on any atom is 0.418 e. The lowest BCUT2D eigenvalue weighted by molar-refractivity contribution is -0.143. The zero-order chi connectivity index (χ0) is 20.7. The Bertz CT molecular complexity index is 832. The van der Waals surface area contributed by atoms with E-state index in [9.17, 15) is 22.8 Å². The first-order valence-electron chi connectivity index (χ1n) is 8.19. The number of halogens is 4. The standard InChI is InChI=1S/C18H17ClF3N3O3/c1-2-28-16(26)11-25(10-13-5-3-4-8-23-13)17(27)24-15-7-6-12(19)9-14(15)18(20,21)22/h3-9H,2,10-11H2,1H3,(H,24,27). The maximum absolute atomic E-state index is 13.2. The molecule has 0 saturated heterocycles. The van der Waals surface area contributed by atoms with Crippen molar-refractivity contribution in [2.75, 3.05) is 18.5 Å². The van der Waals surface area contributed by atoms with Crippen LogP contribution in [0.3, 0.4) is 0 Å². The minimum absolute atomic E-state index is 0.0968. The molecule has 0 bridgehead atoms. The quantitative estimate of drug-likeness (QED) is 0.712. The van der Waals surface area contributed by atoms with Gasteiger partial charge in [-0.1, -0.05) is 17.7 Å². The number of hydrogen-bond donors (Lipinski definition) is 1. The number of nitrogens with one attached hydrogen (secondary N) is 1. The van der Waals surface area contributed by atoms with Gasteiger partial charge in [-0.15, -0.1) is 0 Å². The molecule has 2 rings (SSSR count). The number of carbonyl (C=O) groups excluding carboxylic acids is 2. The number of amides is 2. The summed E-state index contributed by atoms with van der Waals surface area (Å²) in [7, 11) is 0. The Labute approximate surface area is 164 Å². The lowest BCUT2D eigenvalue weighted by Crippen LogP contribution is -2.39. The number of esters is 1. The lowest BCUT2D eigenvalue weighted by Gasteiger charge is -2.23. The smallest absolute Gasteiger partial charge is 0.418 e. The van der Waals surface area contributed by atoms with Gasteiger partial charge in [-0.05, 0) is 37.3 Å². The van der Waals surface area contributed by atoms with E-state index in [4.69, 9.17) is 16.3 Å². The van der Waals surface area contributed by atoms with Crippen LogP contribution < -0.4 is 5.32 Å². The predicted molar refractivity (Wildman–Crippen MR) is 96.8 cm³/mol. The van der Waals surface area contributed by atoms with Gasteiger partial charge in [0.2, 0.25) is 0 Å². The van der Waals surface area contributed by atoms with E-state index >= 15 is 0 Å². The number of rotatable bonds is 6. The molecule has 0 radical (unpaired) electrons. The van der Waals surface area contributed by atoms with Gasteiger partial charge in [0.25, 0.3) is 0 Å². The topological polar surface area (TPSA) is 71.5 Å². The zero-order valence-electron chi connectivity index (χ0n) is 14.8. The summed E-state index contributed by atoms with van der Waals surface area (Å²) >= 11 is 5.64. The highest BCUT2D eigenvalue weighted by molar-refractivity contribution is 6.30. The Morgan fingerprint density at radius 3 is 2.61 bits per heavy atom. The van der Waals surface area contributed by atoms with Gasteiger partial charge in [-0.2, -0.15) is 13.2 Å². The van der Waals surface area contributed by atoms with E-state index in [1.54, 1.807) is 25.1 Å². The number of alkyl halides is 3. The van der Waals surface area contributed by atoms with Gasteiger partial charge in [-0.25, -0.2) is 4.79 Å². The molecule has 150 valence electrons. The van der Waals surface area contributed by atoms with Gasteiger partial charge in [-0.3, -0.25) is 9.78 Å². The van der Waals surface area contributed by atoms with Crippen molar-refractivity contribution in [1.82, 2.24) is 9.88 Å². The van der Waals surface area contributed by atoms with Crippen LogP contribution in [0.5, 0.6) is 0 Å². The van der Waals surface area contributed by atoms with Crippen molar-refractivity contribution in [1.29, 1.82) is 0 Å². The second kappa shape index (κ2) is 9.41. The summed E-state index contributed by atoms with van der Waals surface area (Å²) in [6, 6.07) is 7.05. The van der Waals surface area contributed by atoms with E-state index in [1.807, 2.05) is 0 Å². The third-order valence-electron chi connectivity index (χ3n) is 3.52. The fourth-order valence-corrected chi connectivity index (χ4v) is 2.48. The van der Waals surface area contributed by atoms with Crippen LogP contribution in [0.1, 0.15) is 18.2 Å². The van der Waals surface area contributed by atoms with Crippen LogP contribution in [0.2, 0.25) is 5.02 Å². The van der Waals surface area contributed by atoms with Crippen LogP contribution in [0.15, 0.2) is 42.6 Å². The molecule has 0 atom stereocenters. The third-order valence-corrected chi connectivity index (χ3v) is 3.76. The summed E-state index contributed by atoms with van der Waals surface area (Å²) in [5, 5.41) is 2.06.